The van der Waals surface area contributed by atoms with E-state index in [0.717, 1.165) is 37.7 Å². The molecule has 0 aromatic carbocycles. The third-order valence-electron chi connectivity index (χ3n) is 16.9. The van der Waals surface area contributed by atoms with Crippen LogP contribution in [0.4, 0.5) is 0 Å². The van der Waals surface area contributed by atoms with Crippen molar-refractivity contribution in [1.82, 2.24) is 0 Å². The highest BCUT2D eigenvalue weighted by Gasteiger charge is 2.70. The average molecular weight is 829 g/mol. The molecule has 0 radical (unpaired) electrons. The van der Waals surface area contributed by atoms with Gasteiger partial charge in [-0.1, -0.05) is 57.4 Å². The van der Waals surface area contributed by atoms with Gasteiger partial charge in [-0.05, 0) is 105 Å². The lowest BCUT2D eigenvalue weighted by atomic mass is 9.34. The van der Waals surface area contributed by atoms with Crippen LogP contribution in [0.25, 0.3) is 0 Å². The van der Waals surface area contributed by atoms with E-state index >= 15 is 0 Å². The molecule has 0 unspecified atom stereocenters. The molecule has 17 atom stereocenters. The van der Waals surface area contributed by atoms with Crippen LogP contribution in [-0.4, -0.2) is 124 Å². The highest BCUT2D eigenvalue weighted by Crippen LogP contribution is 2.75. The molecule has 7 N–H and O–H groups in total. The van der Waals surface area contributed by atoms with Crippen LogP contribution in [0.2, 0.25) is 0 Å². The molecule has 2 heterocycles. The molecule has 0 aromatic heterocycles. The van der Waals surface area contributed by atoms with Gasteiger partial charge in [-0.3, -0.25) is 9.35 Å². The molecule has 2 aliphatic heterocycles. The molecule has 2 saturated heterocycles. The van der Waals surface area contributed by atoms with E-state index in [1.54, 1.807) is 0 Å². The van der Waals surface area contributed by atoms with E-state index in [4.69, 9.17) is 23.1 Å². The van der Waals surface area contributed by atoms with Crippen molar-refractivity contribution < 1.29 is 71.5 Å². The maximum absolute atomic E-state index is 14.6. The number of esters is 1. The fraction of sp³-hybridized carbons (Fsp3) is 0.878. The molecule has 0 bridgehead atoms. The number of ether oxygens (including phenoxy) is 4. The van der Waals surface area contributed by atoms with Gasteiger partial charge in [0, 0.05) is 5.92 Å². The van der Waals surface area contributed by atoms with Crippen LogP contribution in [0, 0.1) is 44.8 Å². The number of aliphatic hydroxyl groups excluding tert-OH is 6. The second kappa shape index (κ2) is 14.8. The zero-order valence-corrected chi connectivity index (χ0v) is 35.0. The Kier molecular flexibility index (Phi) is 11.3. The minimum Gasteiger partial charge on any atom is -0.432 e. The molecule has 5 aliphatic carbocycles. The molecule has 0 aromatic rings. The second-order valence-corrected chi connectivity index (χ2v) is 20.7. The number of carbonyl (C=O) groups is 1. The molecule has 0 amide bonds. The maximum Gasteiger partial charge on any atom is 0.397 e. The molecule has 5 fully saturated rings. The first-order valence-corrected chi connectivity index (χ1v) is 22.0. The van der Waals surface area contributed by atoms with Crippen LogP contribution in [0.15, 0.2) is 22.8 Å². The van der Waals surface area contributed by atoms with Gasteiger partial charge in [0.15, 0.2) is 12.4 Å². The van der Waals surface area contributed by atoms with Crippen LogP contribution in [0.1, 0.15) is 106 Å². The molecular formula is C41H64O15S. The lowest BCUT2D eigenvalue weighted by Gasteiger charge is -2.71. The third kappa shape index (κ3) is 6.71. The van der Waals surface area contributed by atoms with Crippen molar-refractivity contribution in [3.8, 4) is 0 Å². The zero-order valence-electron chi connectivity index (χ0n) is 34.2. The Morgan fingerprint density at radius 1 is 0.877 bits per heavy atom. The second-order valence-electron chi connectivity index (χ2n) is 19.7. The average Bonchev–Trinajstić information content (AvgIpc) is 3.13. The molecule has 16 heteroatoms. The van der Waals surface area contributed by atoms with Crippen molar-refractivity contribution in [2.24, 2.45) is 44.8 Å². The lowest BCUT2D eigenvalue weighted by Crippen LogP contribution is -2.66. The van der Waals surface area contributed by atoms with Crippen molar-refractivity contribution in [3.05, 3.63) is 22.8 Å². The van der Waals surface area contributed by atoms with Gasteiger partial charge in [0.1, 0.15) is 36.6 Å². The van der Waals surface area contributed by atoms with Crippen LogP contribution in [0.5, 0.6) is 0 Å². The van der Waals surface area contributed by atoms with Gasteiger partial charge >= 0.3 is 16.4 Å². The lowest BCUT2D eigenvalue weighted by molar-refractivity contribution is -0.304. The molecule has 57 heavy (non-hydrogen) atoms. The monoisotopic (exact) mass is 828 g/mol. The molecule has 7 rings (SSSR count). The maximum atomic E-state index is 14.6. The Bertz CT molecular complexity index is 1750. The molecule has 3 saturated carbocycles. The van der Waals surface area contributed by atoms with Gasteiger partial charge in [0.05, 0.1) is 24.7 Å². The van der Waals surface area contributed by atoms with E-state index < -0.39 is 95.2 Å². The first kappa shape index (κ1) is 43.5. The highest BCUT2D eigenvalue weighted by molar-refractivity contribution is 7.80. The van der Waals surface area contributed by atoms with Crippen molar-refractivity contribution in [2.75, 3.05) is 13.2 Å². The van der Waals surface area contributed by atoms with Crippen LogP contribution < -0.4 is 0 Å². The van der Waals surface area contributed by atoms with Gasteiger partial charge < -0.3 is 49.6 Å². The Balaban J connectivity index is 1.17. The van der Waals surface area contributed by atoms with Crippen LogP contribution >= 0.6 is 0 Å². The number of carbonyl (C=O) groups excluding carboxylic acids is 1. The quantitative estimate of drug-likeness (QED) is 0.0846. The smallest absolute Gasteiger partial charge is 0.397 e. The molecule has 7 aliphatic rings. The van der Waals surface area contributed by atoms with Crippen molar-refractivity contribution in [1.29, 1.82) is 0 Å². The fourth-order valence-corrected chi connectivity index (χ4v) is 13.8. The van der Waals surface area contributed by atoms with Gasteiger partial charge in [0.25, 0.3) is 0 Å². The van der Waals surface area contributed by atoms with E-state index in [-0.39, 0.29) is 40.6 Å². The number of aliphatic hydroxyl groups is 6. The third-order valence-corrected chi connectivity index (χ3v) is 17.3. The Morgan fingerprint density at radius 2 is 1.58 bits per heavy atom. The van der Waals surface area contributed by atoms with E-state index in [9.17, 15) is 48.4 Å². The number of fused-ring (bicyclic) bond motifs is 7. The standard InChI is InChI=1S/C41H64O15S/c1-20-10-15-41(36(48)55-34-32(47)31(46)30(45)24(18-42)53-34)17-16-39(6)22(28(41)21(20)2)8-9-26-38(5)13-12-27(37(3,4)25(38)11-14-40(26,39)7)54-35-33(56-57(49,50)51)29(44)23(43)19-52-35/h8,23-35,42-47H,9-19H2,1-7H3,(H,49,50,51)/t23-,24-,25+,26-,27+,28+,29+,30-,31+,32-,33-,34+,35-,38+,39-,40-,41+/m1/s1. The SMILES string of the molecule is CC1=C(C)[C@H]2C3=CC[C@@H]4[C@@]5(C)CC[C@H](O[C@H]6OC[C@@H](O)[C@H](O)[C@H]6OS(=O)(=O)O)C(C)(C)[C@@H]5CC[C@@]4(C)[C@]3(C)CC[C@@]2(C(=O)O[C@@H]2O[C@H](CO)[C@@H](O)[C@H](O)[C@H]2O)CC1. The van der Waals surface area contributed by atoms with Crippen molar-refractivity contribution >= 4 is 16.4 Å². The normalized spacial score (nSPS) is 49.8. The van der Waals surface area contributed by atoms with E-state index in [2.05, 4.69) is 54.5 Å². The summed E-state index contributed by atoms with van der Waals surface area (Å²) in [6.07, 6.45) is -5.17. The molecular weight excluding hydrogens is 765 g/mol. The van der Waals surface area contributed by atoms with Crippen molar-refractivity contribution in [2.45, 2.75) is 168 Å². The predicted molar refractivity (Wildman–Crippen MR) is 202 cm³/mol. The first-order valence-electron chi connectivity index (χ1n) is 20.6. The number of hydrogen-bond donors (Lipinski definition) is 7. The number of hydrogen-bond acceptors (Lipinski definition) is 14. The largest absolute Gasteiger partial charge is 0.432 e. The van der Waals surface area contributed by atoms with E-state index in [0.29, 0.717) is 25.7 Å². The van der Waals surface area contributed by atoms with E-state index in [1.807, 2.05) is 0 Å². The minimum absolute atomic E-state index is 0.126. The minimum atomic E-state index is -4.99. The summed E-state index contributed by atoms with van der Waals surface area (Å²) in [5, 5.41) is 62.1. The Hall–Kier alpha value is -1.54. The predicted octanol–water partition coefficient (Wildman–Crippen LogP) is 2.70. The molecule has 324 valence electrons. The molecule has 0 spiro atoms. The summed E-state index contributed by atoms with van der Waals surface area (Å²) >= 11 is 0. The van der Waals surface area contributed by atoms with Gasteiger partial charge in [-0.15, -0.1) is 0 Å². The summed E-state index contributed by atoms with van der Waals surface area (Å²) in [5.41, 5.74) is 1.71. The highest BCUT2D eigenvalue weighted by atomic mass is 32.3. The van der Waals surface area contributed by atoms with Crippen LogP contribution in [-0.2, 0) is 38.3 Å². The topological polar surface area (TPSA) is 239 Å². The summed E-state index contributed by atoms with van der Waals surface area (Å²) < 4.78 is 61.3. The fourth-order valence-electron chi connectivity index (χ4n) is 13.3. The Morgan fingerprint density at radius 3 is 2.25 bits per heavy atom. The zero-order chi connectivity index (χ0) is 41.8. The van der Waals surface area contributed by atoms with Gasteiger partial charge in [0.2, 0.25) is 6.29 Å². The van der Waals surface area contributed by atoms with E-state index in [1.165, 1.54) is 11.1 Å². The van der Waals surface area contributed by atoms with Crippen molar-refractivity contribution in [3.63, 3.8) is 0 Å². The summed E-state index contributed by atoms with van der Waals surface area (Å²) in [7, 11) is -4.99. The van der Waals surface area contributed by atoms with Gasteiger partial charge in [-0.25, -0.2) is 4.18 Å². The first-order chi connectivity index (χ1) is 26.5. The Labute approximate surface area is 335 Å². The summed E-state index contributed by atoms with van der Waals surface area (Å²) in [5.74, 6) is -0.287. The molecule has 15 nitrogen and oxygen atoms in total. The van der Waals surface area contributed by atoms with Crippen LogP contribution in [0.3, 0.4) is 0 Å². The summed E-state index contributed by atoms with van der Waals surface area (Å²) in [6.45, 7) is 14.8. The summed E-state index contributed by atoms with van der Waals surface area (Å²) in [4.78, 5) is 14.6. The number of allylic oxidation sites excluding steroid dienone is 4. The number of rotatable bonds is 7. The summed E-state index contributed by atoms with van der Waals surface area (Å²) in [6, 6.07) is 0. The van der Waals surface area contributed by atoms with Gasteiger partial charge in [-0.2, -0.15) is 8.42 Å².